The van der Waals surface area contributed by atoms with E-state index < -0.39 is 16.1 Å². The highest BCUT2D eigenvalue weighted by Crippen LogP contribution is 2.49. The van der Waals surface area contributed by atoms with Gasteiger partial charge in [-0.3, -0.25) is 4.79 Å². The van der Waals surface area contributed by atoms with Crippen LogP contribution in [0, 0.1) is 25.6 Å². The third-order valence-corrected chi connectivity index (χ3v) is 10.2. The zero-order valence-electron chi connectivity index (χ0n) is 25.1. The SMILES string of the molecule is CCOC(=O)[C@H]1C[C@@H]1c1ccc(O[C@@H]2CCc3c(-c4c(C)cc(OC5CCN(S(C)(=O)=O)C5)cc4C)ccc(F)c32)cc1. The number of hydrogen-bond acceptors (Lipinski definition) is 6. The molecule has 0 N–H and O–H groups in total. The molecule has 2 fully saturated rings. The van der Waals surface area contributed by atoms with Crippen molar-refractivity contribution in [2.75, 3.05) is 26.0 Å². The van der Waals surface area contributed by atoms with Crippen LogP contribution in [0.15, 0.2) is 48.5 Å². The van der Waals surface area contributed by atoms with Crippen molar-refractivity contribution in [1.29, 1.82) is 0 Å². The van der Waals surface area contributed by atoms with E-state index in [0.717, 1.165) is 39.8 Å². The predicted octanol–water partition coefficient (Wildman–Crippen LogP) is 6.26. The van der Waals surface area contributed by atoms with Crippen LogP contribution in [-0.4, -0.2) is 50.7 Å². The average Bonchev–Trinajstić information content (AvgIpc) is 3.41. The molecule has 0 radical (unpaired) electrons. The predicted molar refractivity (Wildman–Crippen MR) is 162 cm³/mol. The van der Waals surface area contributed by atoms with Crippen molar-refractivity contribution >= 4 is 16.0 Å². The van der Waals surface area contributed by atoms with Crippen LogP contribution in [0.4, 0.5) is 4.39 Å². The number of carbonyl (C=O) groups excluding carboxylic acids is 1. The van der Waals surface area contributed by atoms with Gasteiger partial charge in [0.2, 0.25) is 10.0 Å². The lowest BCUT2D eigenvalue weighted by atomic mass is 9.90. The lowest BCUT2D eigenvalue weighted by molar-refractivity contribution is -0.144. The van der Waals surface area contributed by atoms with Crippen LogP contribution in [-0.2, 0) is 26.0 Å². The Morgan fingerprint density at radius 1 is 1.00 bits per heavy atom. The standard InChI is InChI=1S/C34H38FNO6S/c1-5-40-34(37)29-18-28(29)22-6-8-23(9-7-22)42-31-13-11-27-26(10-12-30(35)33(27)31)32-20(2)16-25(17-21(32)3)41-24-14-15-36(19-24)43(4,38)39/h6-10,12,16-17,24,28-29,31H,5,11,13-15,18-19H2,1-4H3/t24?,28-,29+,31-/m1/s1. The molecule has 4 atom stereocenters. The lowest BCUT2D eigenvalue weighted by Crippen LogP contribution is -2.29. The number of nitrogens with zero attached hydrogens (tertiary/aromatic N) is 1. The fourth-order valence-corrected chi connectivity index (χ4v) is 7.63. The summed E-state index contributed by atoms with van der Waals surface area (Å²) in [6, 6.07) is 15.1. The van der Waals surface area contributed by atoms with Crippen LogP contribution >= 0.6 is 0 Å². The van der Waals surface area contributed by atoms with Gasteiger partial charge < -0.3 is 14.2 Å². The molecule has 1 unspecified atom stereocenters. The summed E-state index contributed by atoms with van der Waals surface area (Å²) in [6.07, 6.45) is 3.48. The smallest absolute Gasteiger partial charge is 0.309 e. The van der Waals surface area contributed by atoms with Gasteiger partial charge in [-0.1, -0.05) is 18.2 Å². The maximum absolute atomic E-state index is 15.3. The molecule has 1 saturated carbocycles. The van der Waals surface area contributed by atoms with E-state index >= 15 is 4.39 Å². The van der Waals surface area contributed by atoms with Crippen LogP contribution in [0.1, 0.15) is 66.0 Å². The topological polar surface area (TPSA) is 82.1 Å². The first-order chi connectivity index (χ1) is 20.5. The second-order valence-corrected chi connectivity index (χ2v) is 14.0. The number of esters is 1. The molecular formula is C34H38FNO6S. The molecule has 7 nitrogen and oxygen atoms in total. The van der Waals surface area contributed by atoms with E-state index in [0.29, 0.717) is 56.0 Å². The Kier molecular flexibility index (Phi) is 7.98. The molecule has 2 aliphatic carbocycles. The monoisotopic (exact) mass is 607 g/mol. The number of fused-ring (bicyclic) bond motifs is 1. The van der Waals surface area contributed by atoms with Crippen molar-refractivity contribution in [3.63, 3.8) is 0 Å². The maximum atomic E-state index is 15.3. The summed E-state index contributed by atoms with van der Waals surface area (Å²) in [7, 11) is -3.23. The Bertz CT molecular complexity index is 1630. The third-order valence-electron chi connectivity index (χ3n) is 8.90. The summed E-state index contributed by atoms with van der Waals surface area (Å²) in [4.78, 5) is 12.0. The molecule has 0 aromatic heterocycles. The van der Waals surface area contributed by atoms with Gasteiger partial charge in [0, 0.05) is 12.1 Å². The highest BCUT2D eigenvalue weighted by molar-refractivity contribution is 7.88. The molecule has 1 heterocycles. The molecule has 228 valence electrons. The summed E-state index contributed by atoms with van der Waals surface area (Å²) in [5, 5.41) is 0. The van der Waals surface area contributed by atoms with E-state index in [1.165, 1.54) is 16.6 Å². The van der Waals surface area contributed by atoms with Crippen molar-refractivity contribution < 1.29 is 31.8 Å². The first-order valence-corrected chi connectivity index (χ1v) is 16.9. The second kappa shape index (κ2) is 11.6. The Morgan fingerprint density at radius 2 is 1.72 bits per heavy atom. The molecule has 3 aromatic rings. The van der Waals surface area contributed by atoms with Crippen molar-refractivity contribution in [3.8, 4) is 22.6 Å². The van der Waals surface area contributed by atoms with Crippen LogP contribution in [0.5, 0.6) is 11.5 Å². The summed E-state index contributed by atoms with van der Waals surface area (Å²) in [5.41, 5.74) is 6.75. The molecule has 1 aliphatic heterocycles. The number of ether oxygens (including phenoxy) is 3. The maximum Gasteiger partial charge on any atom is 0.309 e. The highest BCUT2D eigenvalue weighted by Gasteiger charge is 2.45. The number of halogens is 1. The van der Waals surface area contributed by atoms with Gasteiger partial charge in [0.25, 0.3) is 0 Å². The first-order valence-electron chi connectivity index (χ1n) is 15.0. The number of aryl methyl sites for hydroxylation is 2. The molecule has 0 amide bonds. The Labute approximate surface area is 253 Å². The number of sulfonamides is 1. The summed E-state index contributed by atoms with van der Waals surface area (Å²) in [5.74, 6) is 1.10. The van der Waals surface area contributed by atoms with Gasteiger partial charge in [-0.05, 0) is 116 Å². The van der Waals surface area contributed by atoms with E-state index in [2.05, 4.69) is 0 Å². The normalized spacial score (nSPS) is 23.2. The minimum absolute atomic E-state index is 0.0681. The van der Waals surface area contributed by atoms with Crippen molar-refractivity contribution in [1.82, 2.24) is 4.31 Å². The lowest BCUT2D eigenvalue weighted by Gasteiger charge is -2.20. The fourth-order valence-electron chi connectivity index (χ4n) is 6.76. The second-order valence-electron chi connectivity index (χ2n) is 12.0. The third kappa shape index (κ3) is 6.02. The van der Waals surface area contributed by atoms with Crippen LogP contribution < -0.4 is 9.47 Å². The van der Waals surface area contributed by atoms with Crippen LogP contribution in [0.25, 0.3) is 11.1 Å². The Hall–Kier alpha value is -3.43. The molecule has 3 aromatic carbocycles. The summed E-state index contributed by atoms with van der Waals surface area (Å²) < 4.78 is 58.2. The molecule has 0 spiro atoms. The van der Waals surface area contributed by atoms with Crippen molar-refractivity contribution in [3.05, 3.63) is 82.2 Å². The number of benzene rings is 3. The van der Waals surface area contributed by atoms with E-state index in [9.17, 15) is 13.2 Å². The first kappa shape index (κ1) is 29.6. The Balaban J connectivity index is 1.18. The van der Waals surface area contributed by atoms with Gasteiger partial charge in [-0.2, -0.15) is 4.31 Å². The molecule has 1 saturated heterocycles. The van der Waals surface area contributed by atoms with Gasteiger partial charge in [0.05, 0.1) is 25.3 Å². The number of carbonyl (C=O) groups is 1. The van der Waals surface area contributed by atoms with E-state index in [4.69, 9.17) is 14.2 Å². The number of hydrogen-bond donors (Lipinski definition) is 0. The van der Waals surface area contributed by atoms with Gasteiger partial charge in [-0.25, -0.2) is 12.8 Å². The van der Waals surface area contributed by atoms with E-state index in [1.807, 2.05) is 63.2 Å². The molecule has 9 heteroatoms. The molecular weight excluding hydrogens is 569 g/mol. The van der Waals surface area contributed by atoms with E-state index in [-0.39, 0.29) is 29.7 Å². The minimum atomic E-state index is -3.23. The van der Waals surface area contributed by atoms with Gasteiger partial charge in [-0.15, -0.1) is 0 Å². The van der Waals surface area contributed by atoms with Crippen molar-refractivity contribution in [2.24, 2.45) is 5.92 Å². The van der Waals surface area contributed by atoms with Gasteiger partial charge in [0.1, 0.15) is 29.5 Å². The number of rotatable bonds is 9. The molecule has 43 heavy (non-hydrogen) atoms. The Morgan fingerprint density at radius 3 is 2.37 bits per heavy atom. The molecule has 0 bridgehead atoms. The molecule has 6 rings (SSSR count). The quantitative estimate of drug-likeness (QED) is 0.267. The average molecular weight is 608 g/mol. The fraction of sp³-hybridized carbons (Fsp3) is 0.441. The summed E-state index contributed by atoms with van der Waals surface area (Å²) in [6.45, 7) is 7.08. The molecule has 3 aliphatic rings. The minimum Gasteiger partial charge on any atom is -0.489 e. The van der Waals surface area contributed by atoms with Crippen molar-refractivity contribution in [2.45, 2.75) is 64.6 Å². The highest BCUT2D eigenvalue weighted by atomic mass is 32.2. The largest absolute Gasteiger partial charge is 0.489 e. The van der Waals surface area contributed by atoms with Crippen LogP contribution in [0.3, 0.4) is 0 Å². The van der Waals surface area contributed by atoms with Gasteiger partial charge >= 0.3 is 5.97 Å². The zero-order valence-corrected chi connectivity index (χ0v) is 25.9. The van der Waals surface area contributed by atoms with E-state index in [1.54, 1.807) is 0 Å². The van der Waals surface area contributed by atoms with Gasteiger partial charge in [0.15, 0.2) is 0 Å². The summed E-state index contributed by atoms with van der Waals surface area (Å²) >= 11 is 0. The van der Waals surface area contributed by atoms with Crippen LogP contribution in [0.2, 0.25) is 0 Å². The zero-order chi connectivity index (χ0) is 30.5.